The Balaban J connectivity index is 2.71. The van der Waals surface area contributed by atoms with E-state index in [9.17, 15) is 21.9 Å². The fraction of sp³-hybridized carbons (Fsp3) is 1.00. The van der Waals surface area contributed by atoms with Gasteiger partial charge in [0, 0.05) is 19.3 Å². The van der Waals surface area contributed by atoms with Crippen molar-refractivity contribution in [1.29, 1.82) is 0 Å². The molecule has 1 aliphatic heterocycles. The summed E-state index contributed by atoms with van der Waals surface area (Å²) in [6.45, 7) is 0.387. The van der Waals surface area contributed by atoms with E-state index in [0.717, 1.165) is 10.6 Å². The Morgan fingerprint density at radius 3 is 2.07 bits per heavy atom. The highest BCUT2D eigenvalue weighted by atomic mass is 32.3. The van der Waals surface area contributed by atoms with Gasteiger partial charge >= 0.3 is 0 Å². The molecule has 90 valence electrons. The normalized spacial score (nSPS) is 21.7. The molecule has 15 heavy (non-hydrogen) atoms. The molecule has 1 fully saturated rings. The number of piperidine rings is 1. The van der Waals surface area contributed by atoms with Crippen LogP contribution in [0, 0.1) is 0 Å². The summed E-state index contributed by atoms with van der Waals surface area (Å²) < 4.78 is 46.1. The summed E-state index contributed by atoms with van der Waals surface area (Å²) in [7, 11) is -7.27. The third kappa shape index (κ3) is 4.06. The van der Waals surface area contributed by atoms with Gasteiger partial charge in [-0.1, -0.05) is 0 Å². The molecule has 1 saturated heterocycles. The zero-order valence-electron chi connectivity index (χ0n) is 8.46. The monoisotopic (exact) mass is 257 g/mol. The van der Waals surface area contributed by atoms with Crippen molar-refractivity contribution in [2.24, 2.45) is 0 Å². The highest BCUT2D eigenvalue weighted by Crippen LogP contribution is 2.14. The first-order valence-electron chi connectivity index (χ1n) is 4.54. The molecular weight excluding hydrogens is 242 g/mol. The molecule has 0 bridgehead atoms. The predicted molar refractivity (Wildman–Crippen MR) is 55.4 cm³/mol. The van der Waals surface area contributed by atoms with Crippen molar-refractivity contribution in [3.05, 3.63) is 0 Å². The number of hydrogen-bond acceptors (Lipinski definition) is 5. The molecule has 0 spiro atoms. The number of sulfone groups is 1. The van der Waals surface area contributed by atoms with Gasteiger partial charge in [-0.2, -0.15) is 0 Å². The molecule has 0 unspecified atom stereocenters. The Kier molecular flexibility index (Phi) is 3.75. The minimum Gasteiger partial charge on any atom is -0.393 e. The first kappa shape index (κ1) is 12.9. The van der Waals surface area contributed by atoms with Crippen molar-refractivity contribution >= 4 is 19.9 Å². The minimum atomic E-state index is -3.73. The third-order valence-corrected chi connectivity index (χ3v) is 6.24. The molecule has 0 aliphatic carbocycles. The van der Waals surface area contributed by atoms with E-state index in [0.29, 0.717) is 12.8 Å². The van der Waals surface area contributed by atoms with Gasteiger partial charge in [0.2, 0.25) is 10.0 Å². The molecule has 1 rings (SSSR count). The van der Waals surface area contributed by atoms with Crippen molar-refractivity contribution in [2.45, 2.75) is 18.9 Å². The van der Waals surface area contributed by atoms with E-state index in [1.807, 2.05) is 0 Å². The topological polar surface area (TPSA) is 91.8 Å². The van der Waals surface area contributed by atoms with Crippen LogP contribution in [0.25, 0.3) is 0 Å². The van der Waals surface area contributed by atoms with E-state index in [4.69, 9.17) is 0 Å². The van der Waals surface area contributed by atoms with E-state index in [-0.39, 0.29) is 13.1 Å². The molecule has 0 atom stereocenters. The number of hydrogen-bond donors (Lipinski definition) is 1. The molecule has 0 radical (unpaired) electrons. The lowest BCUT2D eigenvalue weighted by Gasteiger charge is -2.28. The van der Waals surface area contributed by atoms with Crippen LogP contribution < -0.4 is 0 Å². The fourth-order valence-corrected chi connectivity index (χ4v) is 4.99. The minimum absolute atomic E-state index is 0.193. The highest BCUT2D eigenvalue weighted by molar-refractivity contribution is 8.06. The van der Waals surface area contributed by atoms with Crippen molar-refractivity contribution in [3.63, 3.8) is 0 Å². The van der Waals surface area contributed by atoms with Crippen LogP contribution in [0.2, 0.25) is 0 Å². The third-order valence-electron chi connectivity index (χ3n) is 2.18. The van der Waals surface area contributed by atoms with Crippen LogP contribution in [0.5, 0.6) is 0 Å². The van der Waals surface area contributed by atoms with Crippen LogP contribution in [-0.4, -0.2) is 56.8 Å². The van der Waals surface area contributed by atoms with Gasteiger partial charge in [0.15, 0.2) is 14.9 Å². The Bertz CT molecular complexity index is 405. The van der Waals surface area contributed by atoms with Crippen LogP contribution in [-0.2, 0) is 19.9 Å². The molecule has 0 aromatic heterocycles. The van der Waals surface area contributed by atoms with E-state index >= 15 is 0 Å². The molecule has 8 heteroatoms. The van der Waals surface area contributed by atoms with Crippen LogP contribution in [0.4, 0.5) is 0 Å². The van der Waals surface area contributed by atoms with Crippen molar-refractivity contribution in [1.82, 2.24) is 4.31 Å². The summed E-state index contributed by atoms with van der Waals surface area (Å²) in [4.78, 5) is 0. The summed E-state index contributed by atoms with van der Waals surface area (Å²) in [5, 5.41) is 8.33. The Morgan fingerprint density at radius 2 is 1.67 bits per heavy atom. The second kappa shape index (κ2) is 4.36. The second-order valence-electron chi connectivity index (χ2n) is 3.79. The lowest BCUT2D eigenvalue weighted by atomic mass is 10.1. The Hall–Kier alpha value is -0.180. The van der Waals surface area contributed by atoms with Gasteiger partial charge in [0.25, 0.3) is 0 Å². The summed E-state index contributed by atoms with van der Waals surface area (Å²) >= 11 is 0. The molecule has 0 aromatic carbocycles. The van der Waals surface area contributed by atoms with Crippen LogP contribution in [0.15, 0.2) is 0 Å². The smallest absolute Gasteiger partial charge is 0.228 e. The number of aliphatic hydroxyl groups excluding tert-OH is 1. The second-order valence-corrected chi connectivity index (χ2v) is 8.26. The summed E-state index contributed by atoms with van der Waals surface area (Å²) in [5.74, 6) is 0. The molecule has 1 N–H and O–H groups in total. The lowest BCUT2D eigenvalue weighted by molar-refractivity contribution is 0.113. The van der Waals surface area contributed by atoms with Crippen molar-refractivity contribution in [3.8, 4) is 0 Å². The summed E-state index contributed by atoms with van der Waals surface area (Å²) in [6.07, 6.45) is 1.14. The molecule has 0 amide bonds. The Labute approximate surface area is 89.9 Å². The number of sulfonamides is 1. The maximum absolute atomic E-state index is 11.6. The van der Waals surface area contributed by atoms with Gasteiger partial charge in [0.05, 0.1) is 6.10 Å². The van der Waals surface area contributed by atoms with Crippen LogP contribution in [0.1, 0.15) is 12.8 Å². The molecule has 6 nitrogen and oxygen atoms in total. The molecule has 0 aromatic rings. The van der Waals surface area contributed by atoms with Gasteiger partial charge in [-0.05, 0) is 12.8 Å². The average Bonchev–Trinajstić information content (AvgIpc) is 2.00. The highest BCUT2D eigenvalue weighted by Gasteiger charge is 2.29. The van der Waals surface area contributed by atoms with E-state index in [1.165, 1.54) is 0 Å². The SMILES string of the molecule is CS(=O)(=O)CS(=O)(=O)N1CCC(O)CC1. The first-order valence-corrected chi connectivity index (χ1v) is 8.21. The first-order chi connectivity index (χ1) is 6.71. The lowest BCUT2D eigenvalue weighted by Crippen LogP contribution is -2.42. The standard InChI is InChI=1S/C7H15NO5S2/c1-14(10,11)6-15(12,13)8-4-2-7(9)3-5-8/h7,9H,2-6H2,1H3. The molecule has 0 saturated carbocycles. The summed E-state index contributed by atoms with van der Waals surface area (Å²) in [5.41, 5.74) is 0. The van der Waals surface area contributed by atoms with Gasteiger partial charge in [0.1, 0.15) is 0 Å². The predicted octanol–water partition coefficient (Wildman–Crippen LogP) is -1.22. The molecular formula is C7H15NO5S2. The zero-order chi connectivity index (χ0) is 11.7. The number of aliphatic hydroxyl groups is 1. The number of rotatable bonds is 3. The fourth-order valence-electron chi connectivity index (χ4n) is 1.47. The van der Waals surface area contributed by atoms with Gasteiger partial charge in [-0.15, -0.1) is 0 Å². The van der Waals surface area contributed by atoms with E-state index in [1.54, 1.807) is 0 Å². The average molecular weight is 257 g/mol. The van der Waals surface area contributed by atoms with E-state index in [2.05, 4.69) is 0 Å². The Morgan fingerprint density at radius 1 is 1.20 bits per heavy atom. The largest absolute Gasteiger partial charge is 0.393 e. The van der Waals surface area contributed by atoms with E-state index < -0.39 is 31.0 Å². The molecule has 1 heterocycles. The van der Waals surface area contributed by atoms with Gasteiger partial charge < -0.3 is 5.11 Å². The van der Waals surface area contributed by atoms with Crippen molar-refractivity contribution in [2.75, 3.05) is 24.4 Å². The maximum atomic E-state index is 11.6. The van der Waals surface area contributed by atoms with Gasteiger partial charge in [-0.25, -0.2) is 21.1 Å². The molecule has 1 aliphatic rings. The maximum Gasteiger partial charge on any atom is 0.228 e. The quantitative estimate of drug-likeness (QED) is 0.684. The van der Waals surface area contributed by atoms with Gasteiger partial charge in [-0.3, -0.25) is 0 Å². The summed E-state index contributed by atoms with van der Waals surface area (Å²) in [6, 6.07) is 0. The van der Waals surface area contributed by atoms with Crippen LogP contribution in [0.3, 0.4) is 0 Å². The van der Waals surface area contributed by atoms with Crippen LogP contribution >= 0.6 is 0 Å². The number of nitrogens with zero attached hydrogens (tertiary/aromatic N) is 1. The van der Waals surface area contributed by atoms with Crippen molar-refractivity contribution < 1.29 is 21.9 Å². The zero-order valence-corrected chi connectivity index (χ0v) is 10.1.